The number of fused-ring (bicyclic) bond motifs is 4. The third-order valence-corrected chi connectivity index (χ3v) is 5.83. The zero-order valence-corrected chi connectivity index (χ0v) is 19.4. The van der Waals surface area contributed by atoms with Crippen LogP contribution < -0.4 is 5.73 Å². The average Bonchev–Trinajstić information content (AvgIpc) is 3.12. The smallest absolute Gasteiger partial charge is 0.433 e. The first kappa shape index (κ1) is 21.8. The third-order valence-electron chi connectivity index (χ3n) is 5.83. The standard InChI is InChI=1S/C26H26N6O2/c1-15-9-16(12-29-25(33)34-26(2,3)4)10-20-21(15)22(23-24(27)30-14-31-32(20)23)18-11-17-7-5-6-8-19(17)28-13-18/h5-8,11-14,16H,1,9-10H2,2-4H3,(H2,27,30,31). The lowest BCUT2D eigenvalue weighted by molar-refractivity contribution is 0.0604. The Morgan fingerprint density at radius 2 is 2.03 bits per heavy atom. The molecule has 1 aliphatic rings. The Morgan fingerprint density at radius 3 is 2.82 bits per heavy atom. The van der Waals surface area contributed by atoms with E-state index in [4.69, 9.17) is 10.5 Å². The lowest BCUT2D eigenvalue weighted by Gasteiger charge is -2.22. The number of hydrogen-bond donors (Lipinski definition) is 1. The number of ether oxygens (including phenoxy) is 1. The third kappa shape index (κ3) is 3.91. The largest absolute Gasteiger partial charge is 0.442 e. The second-order valence-corrected chi connectivity index (χ2v) is 9.55. The number of nitrogen functional groups attached to an aromatic ring is 1. The molecule has 0 aliphatic heterocycles. The number of benzene rings is 1. The number of aliphatic imine (C=N–C) groups is 1. The molecule has 3 aromatic heterocycles. The van der Waals surface area contributed by atoms with E-state index in [-0.39, 0.29) is 5.92 Å². The molecule has 0 saturated carbocycles. The molecule has 172 valence electrons. The van der Waals surface area contributed by atoms with Gasteiger partial charge in [0, 0.05) is 40.4 Å². The number of nitrogens with zero attached hydrogens (tertiary/aromatic N) is 5. The van der Waals surface area contributed by atoms with Crippen LogP contribution in [0.5, 0.6) is 0 Å². The summed E-state index contributed by atoms with van der Waals surface area (Å²) in [6.45, 7) is 9.81. The summed E-state index contributed by atoms with van der Waals surface area (Å²) in [5.41, 5.74) is 12.2. The number of para-hydroxylation sites is 1. The molecular weight excluding hydrogens is 428 g/mol. The monoisotopic (exact) mass is 454 g/mol. The van der Waals surface area contributed by atoms with Gasteiger partial charge in [0.15, 0.2) is 5.82 Å². The highest BCUT2D eigenvalue weighted by molar-refractivity contribution is 6.00. The fourth-order valence-corrected chi connectivity index (χ4v) is 4.53. The molecule has 1 atom stereocenters. The number of pyridine rings is 1. The van der Waals surface area contributed by atoms with Gasteiger partial charge in [0.1, 0.15) is 17.4 Å². The number of hydrogen-bond acceptors (Lipinski definition) is 6. The fourth-order valence-electron chi connectivity index (χ4n) is 4.53. The number of carbonyl (C=O) groups is 1. The minimum Gasteiger partial charge on any atom is -0.442 e. The molecule has 0 radical (unpaired) electrons. The molecule has 3 heterocycles. The van der Waals surface area contributed by atoms with Crippen molar-refractivity contribution >= 4 is 40.1 Å². The van der Waals surface area contributed by atoms with Gasteiger partial charge in [-0.3, -0.25) is 4.98 Å². The number of allylic oxidation sites excluding steroid dienone is 1. The van der Waals surface area contributed by atoms with E-state index in [2.05, 4.69) is 32.7 Å². The molecular formula is C26H26N6O2. The van der Waals surface area contributed by atoms with Gasteiger partial charge in [-0.2, -0.15) is 10.1 Å². The van der Waals surface area contributed by atoms with Crippen molar-refractivity contribution in [1.82, 2.24) is 19.6 Å². The van der Waals surface area contributed by atoms with Crippen LogP contribution in [-0.4, -0.2) is 37.5 Å². The first-order valence-electron chi connectivity index (χ1n) is 11.2. The Kier molecular flexibility index (Phi) is 5.16. The molecule has 4 aromatic rings. The van der Waals surface area contributed by atoms with E-state index >= 15 is 0 Å². The van der Waals surface area contributed by atoms with Crippen LogP contribution in [0.3, 0.4) is 0 Å². The van der Waals surface area contributed by atoms with Gasteiger partial charge in [0.2, 0.25) is 0 Å². The summed E-state index contributed by atoms with van der Waals surface area (Å²) in [7, 11) is 0. The van der Waals surface area contributed by atoms with E-state index in [0.717, 1.165) is 44.4 Å². The van der Waals surface area contributed by atoms with Gasteiger partial charge < -0.3 is 10.5 Å². The maximum atomic E-state index is 12.1. The van der Waals surface area contributed by atoms with Crippen molar-refractivity contribution in [3.63, 3.8) is 0 Å². The molecule has 1 aliphatic carbocycles. The Balaban J connectivity index is 1.60. The Bertz CT molecular complexity index is 1480. The number of anilines is 1. The summed E-state index contributed by atoms with van der Waals surface area (Å²) >= 11 is 0. The first-order chi connectivity index (χ1) is 16.2. The maximum Gasteiger partial charge on any atom is 0.433 e. The van der Waals surface area contributed by atoms with Crippen LogP contribution in [0, 0.1) is 5.92 Å². The summed E-state index contributed by atoms with van der Waals surface area (Å²) in [6.07, 6.45) is 5.64. The SMILES string of the molecule is C=C1CC(C=NC(=O)OC(C)(C)C)Cc2c1c(-c1cnc3ccccc3c1)c1c(N)ncnn21. The first-order valence-corrected chi connectivity index (χ1v) is 11.2. The van der Waals surface area contributed by atoms with Crippen molar-refractivity contribution < 1.29 is 9.53 Å². The minimum absolute atomic E-state index is 0.0237. The van der Waals surface area contributed by atoms with Gasteiger partial charge >= 0.3 is 6.09 Å². The molecule has 1 amide bonds. The van der Waals surface area contributed by atoms with Crippen molar-refractivity contribution in [3.05, 3.63) is 60.7 Å². The van der Waals surface area contributed by atoms with Crippen LogP contribution in [-0.2, 0) is 11.2 Å². The summed E-state index contributed by atoms with van der Waals surface area (Å²) < 4.78 is 7.13. The van der Waals surface area contributed by atoms with E-state index in [0.29, 0.717) is 18.7 Å². The topological polar surface area (TPSA) is 108 Å². The molecule has 8 heteroatoms. The van der Waals surface area contributed by atoms with E-state index < -0.39 is 11.7 Å². The van der Waals surface area contributed by atoms with E-state index in [1.54, 1.807) is 6.21 Å². The molecule has 34 heavy (non-hydrogen) atoms. The van der Waals surface area contributed by atoms with Crippen molar-refractivity contribution in [1.29, 1.82) is 0 Å². The van der Waals surface area contributed by atoms with Crippen LogP contribution in [0.2, 0.25) is 0 Å². The predicted octanol–water partition coefficient (Wildman–Crippen LogP) is 5.11. The zero-order chi connectivity index (χ0) is 24.0. The summed E-state index contributed by atoms with van der Waals surface area (Å²) in [4.78, 5) is 25.0. The molecule has 2 N–H and O–H groups in total. The van der Waals surface area contributed by atoms with Crippen LogP contribution in [0.25, 0.3) is 33.1 Å². The van der Waals surface area contributed by atoms with Gasteiger partial charge in [-0.15, -0.1) is 0 Å². The quantitative estimate of drug-likeness (QED) is 0.422. The molecule has 1 aromatic carbocycles. The van der Waals surface area contributed by atoms with Crippen LogP contribution in [0.1, 0.15) is 38.4 Å². The molecule has 0 fully saturated rings. The van der Waals surface area contributed by atoms with Crippen LogP contribution in [0.4, 0.5) is 10.6 Å². The van der Waals surface area contributed by atoms with E-state index in [9.17, 15) is 4.79 Å². The van der Waals surface area contributed by atoms with Crippen molar-refractivity contribution in [2.24, 2.45) is 10.9 Å². The number of carbonyl (C=O) groups excluding carboxylic acids is 1. The van der Waals surface area contributed by atoms with Crippen LogP contribution in [0.15, 0.2) is 54.4 Å². The van der Waals surface area contributed by atoms with Crippen molar-refractivity contribution in [3.8, 4) is 11.1 Å². The summed E-state index contributed by atoms with van der Waals surface area (Å²) in [6, 6.07) is 10.1. The number of aromatic nitrogens is 4. The Morgan fingerprint density at radius 1 is 1.24 bits per heavy atom. The molecule has 0 spiro atoms. The maximum absolute atomic E-state index is 12.1. The zero-order valence-electron chi connectivity index (χ0n) is 19.4. The van der Waals surface area contributed by atoms with Gasteiger partial charge in [-0.05, 0) is 51.3 Å². The van der Waals surface area contributed by atoms with Crippen LogP contribution >= 0.6 is 0 Å². The highest BCUT2D eigenvalue weighted by Gasteiger charge is 2.31. The minimum atomic E-state index is -0.599. The van der Waals surface area contributed by atoms with Gasteiger partial charge in [-0.25, -0.2) is 14.3 Å². The van der Waals surface area contributed by atoms with Gasteiger partial charge in [0.05, 0.1) is 11.2 Å². The van der Waals surface area contributed by atoms with E-state index in [1.165, 1.54) is 6.33 Å². The summed E-state index contributed by atoms with van der Waals surface area (Å²) in [5.74, 6) is 0.365. The fraction of sp³-hybridized carbons (Fsp3) is 0.269. The summed E-state index contributed by atoms with van der Waals surface area (Å²) in [5, 5.41) is 5.54. The molecule has 0 saturated heterocycles. The molecule has 8 nitrogen and oxygen atoms in total. The molecule has 0 bridgehead atoms. The van der Waals surface area contributed by atoms with Gasteiger partial charge in [0.25, 0.3) is 0 Å². The second-order valence-electron chi connectivity index (χ2n) is 9.55. The number of rotatable bonds is 2. The number of amides is 1. The highest BCUT2D eigenvalue weighted by atomic mass is 16.6. The predicted molar refractivity (Wildman–Crippen MR) is 134 cm³/mol. The highest BCUT2D eigenvalue weighted by Crippen LogP contribution is 2.44. The molecule has 5 rings (SSSR count). The second kappa shape index (κ2) is 8.06. The Labute approximate surface area is 197 Å². The Hall–Kier alpha value is -4.07. The average molecular weight is 455 g/mol. The van der Waals surface area contributed by atoms with Crippen molar-refractivity contribution in [2.75, 3.05) is 5.73 Å². The van der Waals surface area contributed by atoms with Crippen molar-refractivity contribution in [2.45, 2.75) is 39.2 Å². The lowest BCUT2D eigenvalue weighted by Crippen LogP contribution is -2.22. The number of nitrogens with two attached hydrogens (primary N) is 1. The van der Waals surface area contributed by atoms with E-state index in [1.807, 2.05) is 55.7 Å². The lowest BCUT2D eigenvalue weighted by atomic mass is 9.82. The van der Waals surface area contributed by atoms with Gasteiger partial charge in [-0.1, -0.05) is 24.8 Å². The normalized spacial score (nSPS) is 16.3. The molecule has 1 unspecified atom stereocenters.